The highest BCUT2D eigenvalue weighted by Crippen LogP contribution is 2.35. The van der Waals surface area contributed by atoms with Gasteiger partial charge in [-0.25, -0.2) is 0 Å². The lowest BCUT2D eigenvalue weighted by Gasteiger charge is -2.16. The molecule has 1 saturated heterocycles. The molecule has 8 heteroatoms. The predicted molar refractivity (Wildman–Crippen MR) is 107 cm³/mol. The van der Waals surface area contributed by atoms with Crippen LogP contribution in [-0.4, -0.2) is 24.2 Å². The molecule has 28 heavy (non-hydrogen) atoms. The summed E-state index contributed by atoms with van der Waals surface area (Å²) in [6.45, 7) is 0.850. The maximum absolute atomic E-state index is 12.9. The topological polar surface area (TPSA) is 50.8 Å². The highest BCUT2D eigenvalue weighted by molar-refractivity contribution is 7.80. The van der Waals surface area contributed by atoms with Gasteiger partial charge in [-0.3, -0.25) is 9.69 Å². The standard InChI is InChI=1S/C20H18F2N2O3S/c1-3-26-16-10-6-8-13(17(16)27-19(21)22)11-14-18(25)24(20(28)23-14)15-9-5-4-7-12(15)2/h4-11,19H,3H2,1-2H3,(H,23,28)/b14-11-. The SMILES string of the molecule is CCOc1cccc(/C=C2\NC(=S)N(c3ccccc3C)C2=O)c1OC(F)F. The summed E-state index contributed by atoms with van der Waals surface area (Å²) in [5, 5.41) is 3.06. The third-order valence-electron chi connectivity index (χ3n) is 4.05. The first kappa shape index (κ1) is 19.8. The number of para-hydroxylation sites is 2. The quantitative estimate of drug-likeness (QED) is 0.576. The van der Waals surface area contributed by atoms with E-state index in [1.54, 1.807) is 31.2 Å². The maximum Gasteiger partial charge on any atom is 0.387 e. The number of halogens is 2. The van der Waals surface area contributed by atoms with E-state index in [2.05, 4.69) is 10.1 Å². The van der Waals surface area contributed by atoms with Crippen molar-refractivity contribution in [3.63, 3.8) is 0 Å². The van der Waals surface area contributed by atoms with Gasteiger partial charge in [0.1, 0.15) is 5.70 Å². The number of carbonyl (C=O) groups excluding carboxylic acids is 1. The number of hydrogen-bond donors (Lipinski definition) is 1. The Balaban J connectivity index is 2.00. The van der Waals surface area contributed by atoms with E-state index in [0.717, 1.165) is 5.56 Å². The number of nitrogens with one attached hydrogen (secondary N) is 1. The van der Waals surface area contributed by atoms with Gasteiger partial charge in [0.05, 0.1) is 12.3 Å². The van der Waals surface area contributed by atoms with Crippen molar-refractivity contribution in [3.05, 3.63) is 59.3 Å². The highest BCUT2D eigenvalue weighted by atomic mass is 32.1. The molecule has 0 aromatic heterocycles. The normalized spacial score (nSPS) is 15.3. The van der Waals surface area contributed by atoms with Crippen molar-refractivity contribution in [3.8, 4) is 11.5 Å². The van der Waals surface area contributed by atoms with Crippen LogP contribution in [0.3, 0.4) is 0 Å². The van der Waals surface area contributed by atoms with Gasteiger partial charge in [-0.2, -0.15) is 8.78 Å². The fourth-order valence-corrected chi connectivity index (χ4v) is 3.15. The molecule has 1 N–H and O–H groups in total. The number of nitrogens with zero attached hydrogens (tertiary/aromatic N) is 1. The first-order valence-electron chi connectivity index (χ1n) is 8.55. The van der Waals surface area contributed by atoms with E-state index in [1.165, 1.54) is 17.0 Å². The fraction of sp³-hybridized carbons (Fsp3) is 0.200. The third kappa shape index (κ3) is 3.96. The molecular weight excluding hydrogens is 386 g/mol. The van der Waals surface area contributed by atoms with Crippen molar-refractivity contribution >= 4 is 35.0 Å². The van der Waals surface area contributed by atoms with Gasteiger partial charge in [-0.15, -0.1) is 0 Å². The molecule has 0 unspecified atom stereocenters. The minimum atomic E-state index is -3.03. The number of ether oxygens (including phenoxy) is 2. The maximum atomic E-state index is 12.9. The first-order chi connectivity index (χ1) is 13.4. The Morgan fingerprint density at radius 1 is 1.21 bits per heavy atom. The molecule has 3 rings (SSSR count). The molecule has 0 saturated carbocycles. The molecule has 1 amide bonds. The van der Waals surface area contributed by atoms with Crippen molar-refractivity contribution in [2.75, 3.05) is 11.5 Å². The molecule has 0 aliphatic carbocycles. The van der Waals surface area contributed by atoms with Gasteiger partial charge < -0.3 is 14.8 Å². The summed E-state index contributed by atoms with van der Waals surface area (Å²) in [4.78, 5) is 14.3. The molecule has 0 spiro atoms. The fourth-order valence-electron chi connectivity index (χ4n) is 2.85. The van der Waals surface area contributed by atoms with E-state index in [4.69, 9.17) is 17.0 Å². The van der Waals surface area contributed by atoms with Crippen LogP contribution in [0.5, 0.6) is 11.5 Å². The van der Waals surface area contributed by atoms with Crippen LogP contribution in [0.15, 0.2) is 48.2 Å². The third-order valence-corrected chi connectivity index (χ3v) is 4.34. The van der Waals surface area contributed by atoms with Gasteiger partial charge in [-0.05, 0) is 49.8 Å². The Kier molecular flexibility index (Phi) is 5.89. The van der Waals surface area contributed by atoms with Crippen molar-refractivity contribution in [1.29, 1.82) is 0 Å². The molecule has 146 valence electrons. The summed E-state index contributed by atoms with van der Waals surface area (Å²) in [6.07, 6.45) is 1.42. The van der Waals surface area contributed by atoms with Crippen molar-refractivity contribution in [1.82, 2.24) is 5.32 Å². The Morgan fingerprint density at radius 2 is 1.96 bits per heavy atom. The number of alkyl halides is 2. The van der Waals surface area contributed by atoms with E-state index in [-0.39, 0.29) is 40.4 Å². The molecule has 1 fully saturated rings. The van der Waals surface area contributed by atoms with E-state index < -0.39 is 6.61 Å². The van der Waals surface area contributed by atoms with E-state index in [9.17, 15) is 13.6 Å². The van der Waals surface area contributed by atoms with Crippen LogP contribution in [0.1, 0.15) is 18.1 Å². The number of hydrogen-bond acceptors (Lipinski definition) is 4. The smallest absolute Gasteiger partial charge is 0.387 e. The number of aryl methyl sites for hydroxylation is 1. The number of amides is 1. The number of carbonyl (C=O) groups is 1. The van der Waals surface area contributed by atoms with Crippen LogP contribution in [0, 0.1) is 6.92 Å². The minimum absolute atomic E-state index is 0.137. The van der Waals surface area contributed by atoms with E-state index >= 15 is 0 Å². The Labute approximate surface area is 166 Å². The lowest BCUT2D eigenvalue weighted by atomic mass is 10.1. The summed E-state index contributed by atoms with van der Waals surface area (Å²) in [6, 6.07) is 12.0. The van der Waals surface area contributed by atoms with Crippen LogP contribution < -0.4 is 19.7 Å². The monoisotopic (exact) mass is 404 g/mol. The number of benzene rings is 2. The zero-order valence-corrected chi connectivity index (χ0v) is 16.1. The van der Waals surface area contributed by atoms with Crippen LogP contribution in [0.25, 0.3) is 6.08 Å². The summed E-state index contributed by atoms with van der Waals surface area (Å²) in [5.41, 5.74) is 1.96. The van der Waals surface area contributed by atoms with Gasteiger partial charge in [-0.1, -0.05) is 30.3 Å². The molecule has 0 atom stereocenters. The Morgan fingerprint density at radius 3 is 2.64 bits per heavy atom. The Hall–Kier alpha value is -3.00. The molecule has 1 aliphatic rings. The second-order valence-corrected chi connectivity index (χ2v) is 6.29. The molecule has 0 radical (unpaired) electrons. The Bertz CT molecular complexity index is 947. The summed E-state index contributed by atoms with van der Waals surface area (Å²) >= 11 is 5.30. The van der Waals surface area contributed by atoms with Crippen LogP contribution in [0.2, 0.25) is 0 Å². The predicted octanol–water partition coefficient (Wildman–Crippen LogP) is 4.26. The average Bonchev–Trinajstić information content (AvgIpc) is 2.92. The molecule has 2 aromatic rings. The second kappa shape index (κ2) is 8.35. The zero-order chi connectivity index (χ0) is 20.3. The second-order valence-electron chi connectivity index (χ2n) is 5.90. The lowest BCUT2D eigenvalue weighted by Crippen LogP contribution is -2.30. The van der Waals surface area contributed by atoms with Gasteiger partial charge >= 0.3 is 6.61 Å². The van der Waals surface area contributed by atoms with Gasteiger partial charge in [0.15, 0.2) is 16.6 Å². The van der Waals surface area contributed by atoms with Crippen molar-refractivity contribution in [2.24, 2.45) is 0 Å². The van der Waals surface area contributed by atoms with Gasteiger partial charge in [0.2, 0.25) is 0 Å². The minimum Gasteiger partial charge on any atom is -0.490 e. The largest absolute Gasteiger partial charge is 0.490 e. The van der Waals surface area contributed by atoms with E-state index in [1.807, 2.05) is 19.1 Å². The summed E-state index contributed by atoms with van der Waals surface area (Å²) in [7, 11) is 0. The molecular formula is C20H18F2N2O3S. The molecule has 1 aliphatic heterocycles. The average molecular weight is 404 g/mol. The van der Waals surface area contributed by atoms with Crippen LogP contribution in [-0.2, 0) is 4.79 Å². The summed E-state index contributed by atoms with van der Waals surface area (Å²) in [5.74, 6) is -0.355. The van der Waals surface area contributed by atoms with Crippen molar-refractivity contribution < 1.29 is 23.0 Å². The summed E-state index contributed by atoms with van der Waals surface area (Å²) < 4.78 is 35.8. The van der Waals surface area contributed by atoms with Gasteiger partial charge in [0, 0.05) is 5.56 Å². The van der Waals surface area contributed by atoms with E-state index in [0.29, 0.717) is 5.69 Å². The van der Waals surface area contributed by atoms with Gasteiger partial charge in [0.25, 0.3) is 5.91 Å². The first-order valence-corrected chi connectivity index (χ1v) is 8.96. The lowest BCUT2D eigenvalue weighted by molar-refractivity contribution is -0.113. The van der Waals surface area contributed by atoms with Crippen molar-refractivity contribution in [2.45, 2.75) is 20.5 Å². The number of anilines is 1. The van der Waals surface area contributed by atoms with Crippen LogP contribution >= 0.6 is 12.2 Å². The molecule has 0 bridgehead atoms. The molecule has 5 nitrogen and oxygen atoms in total. The number of thiocarbonyl (C=S) groups is 1. The highest BCUT2D eigenvalue weighted by Gasteiger charge is 2.33. The zero-order valence-electron chi connectivity index (χ0n) is 15.2. The molecule has 1 heterocycles. The number of rotatable bonds is 6. The molecule has 2 aromatic carbocycles. The van der Waals surface area contributed by atoms with Crippen LogP contribution in [0.4, 0.5) is 14.5 Å².